The Morgan fingerprint density at radius 2 is 1.70 bits per heavy atom. The molecule has 0 bridgehead atoms. The molecule has 0 aliphatic heterocycles. The zero-order chi connectivity index (χ0) is 18.8. The molecule has 0 fully saturated rings. The van der Waals surface area contributed by atoms with Crippen molar-refractivity contribution in [1.29, 1.82) is 0 Å². The second-order valence-corrected chi connectivity index (χ2v) is 14.0. The first-order valence-corrected chi connectivity index (χ1v) is 13.7. The smallest absolute Gasteiger partial charge is 0.0676 e. The molecular formula is C26H30Si. The zero-order valence-corrected chi connectivity index (χ0v) is 18.2. The highest BCUT2D eigenvalue weighted by Gasteiger charge is 2.44. The Morgan fingerprint density at radius 1 is 0.926 bits per heavy atom. The number of benzene rings is 1. The summed E-state index contributed by atoms with van der Waals surface area (Å²) >= 11 is 0. The van der Waals surface area contributed by atoms with Crippen molar-refractivity contribution < 1.29 is 0 Å². The van der Waals surface area contributed by atoms with E-state index < -0.39 is 8.07 Å². The molecule has 0 N–H and O–H groups in total. The van der Waals surface area contributed by atoms with Crippen molar-refractivity contribution in [2.75, 3.05) is 0 Å². The maximum Gasteiger partial charge on any atom is 0.0934 e. The third kappa shape index (κ3) is 2.55. The fraction of sp³-hybridized carbons (Fsp3) is 0.385. The molecule has 4 aliphatic carbocycles. The van der Waals surface area contributed by atoms with Crippen LogP contribution in [0.1, 0.15) is 62.6 Å². The van der Waals surface area contributed by atoms with Crippen molar-refractivity contribution in [2.24, 2.45) is 0 Å². The van der Waals surface area contributed by atoms with Gasteiger partial charge in [0.1, 0.15) is 0 Å². The average Bonchev–Trinajstić information content (AvgIpc) is 3.14. The maximum atomic E-state index is 2.61. The molecule has 1 heteroatoms. The third-order valence-corrected chi connectivity index (χ3v) is 11.4. The summed E-state index contributed by atoms with van der Waals surface area (Å²) < 4.78 is 0. The molecule has 0 saturated carbocycles. The third-order valence-electron chi connectivity index (χ3n) is 7.26. The lowest BCUT2D eigenvalue weighted by atomic mass is 9.82. The zero-order valence-electron chi connectivity index (χ0n) is 17.2. The summed E-state index contributed by atoms with van der Waals surface area (Å²) in [6, 6.07) is 9.07. The summed E-state index contributed by atoms with van der Waals surface area (Å²) in [5.41, 5.74) is 13.3. The van der Waals surface area contributed by atoms with E-state index in [0.29, 0.717) is 5.54 Å². The van der Waals surface area contributed by atoms with Crippen LogP contribution in [0.15, 0.2) is 75.1 Å². The first kappa shape index (κ1) is 17.2. The van der Waals surface area contributed by atoms with Gasteiger partial charge in [-0.2, -0.15) is 0 Å². The van der Waals surface area contributed by atoms with Crippen LogP contribution in [0.5, 0.6) is 0 Å². The van der Waals surface area contributed by atoms with E-state index in [0.717, 1.165) is 0 Å². The summed E-state index contributed by atoms with van der Waals surface area (Å²) in [7, 11) is -1.71. The van der Waals surface area contributed by atoms with E-state index in [9.17, 15) is 0 Å². The van der Waals surface area contributed by atoms with Crippen LogP contribution in [0.4, 0.5) is 0 Å². The minimum Gasteiger partial charge on any atom is -0.0676 e. The summed E-state index contributed by atoms with van der Waals surface area (Å²) in [5, 5.41) is 1.73. The SMILES string of the molecule is CC1=Cc2ccccc2C1[Si](C)(C)C1=C(C)C=C2CC3=C(C=C21)CCCC3. The van der Waals surface area contributed by atoms with Crippen molar-refractivity contribution in [3.63, 3.8) is 0 Å². The maximum absolute atomic E-state index is 2.61. The molecular weight excluding hydrogens is 340 g/mol. The molecule has 5 rings (SSSR count). The van der Waals surface area contributed by atoms with Crippen LogP contribution in [0.2, 0.25) is 13.1 Å². The van der Waals surface area contributed by atoms with Gasteiger partial charge in [0.2, 0.25) is 0 Å². The molecule has 0 saturated heterocycles. The molecule has 27 heavy (non-hydrogen) atoms. The number of rotatable bonds is 2. The highest BCUT2D eigenvalue weighted by Crippen LogP contribution is 2.52. The predicted molar refractivity (Wildman–Crippen MR) is 119 cm³/mol. The van der Waals surface area contributed by atoms with Crippen molar-refractivity contribution in [2.45, 2.75) is 64.6 Å². The van der Waals surface area contributed by atoms with Gasteiger partial charge in [-0.3, -0.25) is 0 Å². The van der Waals surface area contributed by atoms with E-state index >= 15 is 0 Å². The Kier molecular flexibility index (Phi) is 3.88. The molecule has 0 nitrogen and oxygen atoms in total. The van der Waals surface area contributed by atoms with Gasteiger partial charge in [-0.25, -0.2) is 0 Å². The molecule has 4 aliphatic rings. The number of hydrogen-bond donors (Lipinski definition) is 0. The molecule has 1 aromatic rings. The normalized spacial score (nSPS) is 24.3. The van der Waals surface area contributed by atoms with Crippen LogP contribution >= 0.6 is 0 Å². The summed E-state index contributed by atoms with van der Waals surface area (Å²) in [6.07, 6.45) is 14.1. The quantitative estimate of drug-likeness (QED) is 0.475. The molecule has 0 aromatic heterocycles. The van der Waals surface area contributed by atoms with E-state index in [4.69, 9.17) is 0 Å². The molecule has 0 heterocycles. The highest BCUT2D eigenvalue weighted by molar-refractivity contribution is 6.87. The van der Waals surface area contributed by atoms with Gasteiger partial charge in [0.15, 0.2) is 0 Å². The number of allylic oxidation sites excluding steroid dienone is 9. The summed E-state index contributed by atoms with van der Waals surface area (Å²) in [5.74, 6) is 0. The Bertz CT molecular complexity index is 991. The van der Waals surface area contributed by atoms with Gasteiger partial charge in [-0.1, -0.05) is 72.3 Å². The van der Waals surface area contributed by atoms with Gasteiger partial charge in [-0.15, -0.1) is 0 Å². The Labute approximate surface area is 165 Å². The van der Waals surface area contributed by atoms with E-state index in [2.05, 4.69) is 69.4 Å². The Hall–Kier alpha value is -1.86. The minimum atomic E-state index is -1.71. The summed E-state index contributed by atoms with van der Waals surface area (Å²) in [4.78, 5) is 0. The van der Waals surface area contributed by atoms with Crippen molar-refractivity contribution in [3.05, 3.63) is 86.2 Å². The van der Waals surface area contributed by atoms with Gasteiger partial charge in [0.25, 0.3) is 0 Å². The van der Waals surface area contributed by atoms with E-state index in [1.807, 2.05) is 0 Å². The van der Waals surface area contributed by atoms with Crippen molar-refractivity contribution >= 4 is 14.1 Å². The van der Waals surface area contributed by atoms with E-state index in [1.165, 1.54) is 37.7 Å². The van der Waals surface area contributed by atoms with Crippen molar-refractivity contribution in [3.8, 4) is 0 Å². The average molecular weight is 371 g/mol. The lowest BCUT2D eigenvalue weighted by Gasteiger charge is -2.37. The van der Waals surface area contributed by atoms with E-state index in [1.54, 1.807) is 44.2 Å². The molecule has 0 spiro atoms. The van der Waals surface area contributed by atoms with Crippen LogP contribution in [0.25, 0.3) is 6.08 Å². The fourth-order valence-electron chi connectivity index (χ4n) is 6.30. The summed E-state index contributed by atoms with van der Waals surface area (Å²) in [6.45, 7) is 9.95. The van der Waals surface area contributed by atoms with Crippen LogP contribution in [-0.4, -0.2) is 8.07 Å². The first-order valence-electron chi connectivity index (χ1n) is 10.6. The molecule has 1 unspecified atom stereocenters. The topological polar surface area (TPSA) is 0 Å². The van der Waals surface area contributed by atoms with Crippen LogP contribution < -0.4 is 0 Å². The number of fused-ring (bicyclic) bond motifs is 2. The van der Waals surface area contributed by atoms with Gasteiger partial charge >= 0.3 is 0 Å². The van der Waals surface area contributed by atoms with Gasteiger partial charge in [-0.05, 0) is 79.0 Å². The minimum absolute atomic E-state index is 0.606. The molecule has 138 valence electrons. The first-order chi connectivity index (χ1) is 13.0. The van der Waals surface area contributed by atoms with Crippen LogP contribution in [0.3, 0.4) is 0 Å². The second kappa shape index (κ2) is 6.07. The fourth-order valence-corrected chi connectivity index (χ4v) is 10.9. The lowest BCUT2D eigenvalue weighted by Crippen LogP contribution is -2.39. The van der Waals surface area contributed by atoms with Gasteiger partial charge in [0.05, 0.1) is 8.07 Å². The number of hydrogen-bond acceptors (Lipinski definition) is 0. The monoisotopic (exact) mass is 370 g/mol. The van der Waals surface area contributed by atoms with Gasteiger partial charge < -0.3 is 0 Å². The Morgan fingerprint density at radius 3 is 2.56 bits per heavy atom. The van der Waals surface area contributed by atoms with Crippen molar-refractivity contribution in [1.82, 2.24) is 0 Å². The highest BCUT2D eigenvalue weighted by atomic mass is 28.3. The van der Waals surface area contributed by atoms with Gasteiger partial charge in [0, 0.05) is 5.54 Å². The molecule has 1 aromatic carbocycles. The predicted octanol–water partition coefficient (Wildman–Crippen LogP) is 7.43. The van der Waals surface area contributed by atoms with Crippen LogP contribution in [-0.2, 0) is 0 Å². The van der Waals surface area contributed by atoms with Crippen LogP contribution in [0, 0.1) is 0 Å². The molecule has 0 radical (unpaired) electrons. The molecule has 0 amide bonds. The van der Waals surface area contributed by atoms with E-state index in [-0.39, 0.29) is 0 Å². The Balaban J connectivity index is 1.60. The lowest BCUT2D eigenvalue weighted by molar-refractivity contribution is 0.665. The standard InChI is InChI=1S/C26H30Si/c1-17-13-21-11-7-8-12-23(21)25(17)27(3,4)26-18(2)14-22-15-19-9-5-6-10-20(19)16-24(22)26/h7-8,11-14,16,25H,5-6,9-10,15H2,1-4H3. The second-order valence-electron chi connectivity index (χ2n) is 9.47. The molecule has 1 atom stereocenters. The largest absolute Gasteiger partial charge is 0.0934 e.